The first-order valence-electron chi connectivity index (χ1n) is 3.84. The average molecular weight is 276 g/mol. The molecule has 2 nitrogen and oxygen atoms in total. The highest BCUT2D eigenvalue weighted by molar-refractivity contribution is 9.10. The summed E-state index contributed by atoms with van der Waals surface area (Å²) in [5.74, 6) is -0.356. The first-order valence-corrected chi connectivity index (χ1v) is 5.01. The molecule has 2 aromatic rings. The van der Waals surface area contributed by atoms with Crippen molar-refractivity contribution in [1.29, 1.82) is 0 Å². The summed E-state index contributed by atoms with van der Waals surface area (Å²) in [6.07, 6.45) is 1.52. The maximum absolute atomic E-state index is 13.3. The van der Waals surface area contributed by atoms with E-state index in [1.807, 2.05) is 0 Å². The molecule has 1 heterocycles. The molecule has 0 aliphatic carbocycles. The number of rotatable bonds is 1. The molecule has 0 amide bonds. The molecular formula is C9H5BrClFN2. The first-order chi connectivity index (χ1) is 6.70. The van der Waals surface area contributed by atoms with Crippen molar-refractivity contribution in [1.82, 2.24) is 9.78 Å². The lowest BCUT2D eigenvalue weighted by atomic mass is 10.3. The number of para-hydroxylation sites is 1. The Kier molecular flexibility index (Phi) is 2.56. The maximum Gasteiger partial charge on any atom is 0.148 e. The topological polar surface area (TPSA) is 17.8 Å². The zero-order valence-electron chi connectivity index (χ0n) is 6.92. The largest absolute Gasteiger partial charge is 0.218 e. The summed E-state index contributed by atoms with van der Waals surface area (Å²) in [6, 6.07) is 6.32. The van der Waals surface area contributed by atoms with Gasteiger partial charge in [0.15, 0.2) is 0 Å². The fourth-order valence-electron chi connectivity index (χ4n) is 1.11. The predicted molar refractivity (Wildman–Crippen MR) is 56.2 cm³/mol. The summed E-state index contributed by atoms with van der Waals surface area (Å²) in [6.45, 7) is 0. The standard InChI is InChI=1S/C9H5BrClFN2/c10-6-5-13-14(9(6)11)8-4-2-1-3-7(8)12/h1-5H. The number of hydrogen-bond acceptors (Lipinski definition) is 1. The van der Waals surface area contributed by atoms with Crippen LogP contribution >= 0.6 is 27.5 Å². The van der Waals surface area contributed by atoms with Gasteiger partial charge in [0.25, 0.3) is 0 Å². The third kappa shape index (κ3) is 1.55. The van der Waals surface area contributed by atoms with E-state index >= 15 is 0 Å². The molecule has 0 aliphatic rings. The number of benzene rings is 1. The van der Waals surface area contributed by atoms with Crippen molar-refractivity contribution < 1.29 is 4.39 Å². The maximum atomic E-state index is 13.3. The van der Waals surface area contributed by atoms with Crippen LogP contribution in [0.3, 0.4) is 0 Å². The van der Waals surface area contributed by atoms with Crippen LogP contribution in [0.15, 0.2) is 34.9 Å². The Hall–Kier alpha value is -0.870. The van der Waals surface area contributed by atoms with Crippen LogP contribution in [0.1, 0.15) is 0 Å². The molecule has 0 saturated carbocycles. The fourth-order valence-corrected chi connectivity index (χ4v) is 1.55. The summed E-state index contributed by atoms with van der Waals surface area (Å²) < 4.78 is 15.3. The third-order valence-electron chi connectivity index (χ3n) is 1.75. The molecule has 2 rings (SSSR count). The Morgan fingerprint density at radius 2 is 2.07 bits per heavy atom. The Morgan fingerprint density at radius 3 is 2.64 bits per heavy atom. The molecule has 0 radical (unpaired) electrons. The molecular weight excluding hydrogens is 270 g/mol. The van der Waals surface area contributed by atoms with Crippen LogP contribution in [0.5, 0.6) is 0 Å². The molecule has 0 spiro atoms. The summed E-state index contributed by atoms with van der Waals surface area (Å²) in [5, 5.41) is 4.30. The minimum atomic E-state index is -0.356. The predicted octanol–water partition coefficient (Wildman–Crippen LogP) is 3.43. The smallest absolute Gasteiger partial charge is 0.148 e. The van der Waals surface area contributed by atoms with E-state index in [-0.39, 0.29) is 5.82 Å². The molecule has 0 unspecified atom stereocenters. The quantitative estimate of drug-likeness (QED) is 0.780. The second-order valence-corrected chi connectivity index (χ2v) is 3.86. The molecule has 0 atom stereocenters. The minimum Gasteiger partial charge on any atom is -0.218 e. The van der Waals surface area contributed by atoms with Crippen molar-refractivity contribution in [2.75, 3.05) is 0 Å². The number of aromatic nitrogens is 2. The van der Waals surface area contributed by atoms with E-state index < -0.39 is 0 Å². The van der Waals surface area contributed by atoms with Gasteiger partial charge in [0.2, 0.25) is 0 Å². The zero-order chi connectivity index (χ0) is 10.1. The van der Waals surface area contributed by atoms with Crippen LogP contribution in [0.2, 0.25) is 5.15 Å². The molecule has 1 aromatic heterocycles. The first kappa shape index (κ1) is 9.68. The second kappa shape index (κ2) is 3.71. The Bertz CT molecular complexity index is 470. The number of halogens is 3. The van der Waals surface area contributed by atoms with Gasteiger partial charge in [0, 0.05) is 0 Å². The highest BCUT2D eigenvalue weighted by Gasteiger charge is 2.10. The summed E-state index contributed by atoms with van der Waals surface area (Å²) in [4.78, 5) is 0. The van der Waals surface area contributed by atoms with E-state index in [0.717, 1.165) is 0 Å². The molecule has 1 aromatic carbocycles. The van der Waals surface area contributed by atoms with Gasteiger partial charge in [-0.05, 0) is 28.1 Å². The van der Waals surface area contributed by atoms with Crippen molar-refractivity contribution in [3.05, 3.63) is 45.9 Å². The van der Waals surface area contributed by atoms with E-state index in [9.17, 15) is 4.39 Å². The van der Waals surface area contributed by atoms with Gasteiger partial charge in [-0.3, -0.25) is 0 Å². The van der Waals surface area contributed by atoms with Crippen LogP contribution in [-0.4, -0.2) is 9.78 Å². The molecule has 0 fully saturated rings. The average Bonchev–Trinajstić information content (AvgIpc) is 2.49. The molecule has 0 saturated heterocycles. The van der Waals surface area contributed by atoms with Crippen LogP contribution in [0, 0.1) is 5.82 Å². The van der Waals surface area contributed by atoms with Gasteiger partial charge in [-0.2, -0.15) is 5.10 Å². The Labute approximate surface area is 93.4 Å². The number of nitrogens with zero attached hydrogens (tertiary/aromatic N) is 2. The van der Waals surface area contributed by atoms with Crippen LogP contribution < -0.4 is 0 Å². The lowest BCUT2D eigenvalue weighted by molar-refractivity contribution is 0.611. The van der Waals surface area contributed by atoms with Crippen molar-refractivity contribution in [2.24, 2.45) is 0 Å². The Morgan fingerprint density at radius 1 is 1.36 bits per heavy atom. The van der Waals surface area contributed by atoms with Crippen molar-refractivity contribution in [2.45, 2.75) is 0 Å². The molecule has 0 N–H and O–H groups in total. The van der Waals surface area contributed by atoms with Crippen molar-refractivity contribution in [3.63, 3.8) is 0 Å². The van der Waals surface area contributed by atoms with Gasteiger partial charge in [-0.15, -0.1) is 0 Å². The molecule has 0 aliphatic heterocycles. The highest BCUT2D eigenvalue weighted by atomic mass is 79.9. The molecule has 0 bridgehead atoms. The summed E-state index contributed by atoms with van der Waals surface area (Å²) in [7, 11) is 0. The third-order valence-corrected chi connectivity index (χ3v) is 2.92. The van der Waals surface area contributed by atoms with Crippen molar-refractivity contribution >= 4 is 27.5 Å². The van der Waals surface area contributed by atoms with E-state index in [2.05, 4.69) is 21.0 Å². The minimum absolute atomic E-state index is 0.336. The highest BCUT2D eigenvalue weighted by Crippen LogP contribution is 2.25. The van der Waals surface area contributed by atoms with Gasteiger partial charge in [-0.1, -0.05) is 23.7 Å². The number of hydrogen-bond donors (Lipinski definition) is 0. The fraction of sp³-hybridized carbons (Fsp3) is 0. The van der Waals surface area contributed by atoms with Gasteiger partial charge in [-0.25, -0.2) is 9.07 Å². The summed E-state index contributed by atoms with van der Waals surface area (Å²) in [5.41, 5.74) is 0.336. The van der Waals surface area contributed by atoms with E-state index in [1.54, 1.807) is 18.2 Å². The van der Waals surface area contributed by atoms with Crippen molar-refractivity contribution in [3.8, 4) is 5.69 Å². The van der Waals surface area contributed by atoms with Crippen LogP contribution in [0.4, 0.5) is 4.39 Å². The van der Waals surface area contributed by atoms with E-state index in [4.69, 9.17) is 11.6 Å². The lowest BCUT2D eigenvalue weighted by Gasteiger charge is -2.03. The molecule has 5 heteroatoms. The molecule has 72 valence electrons. The van der Waals surface area contributed by atoms with Gasteiger partial charge in [0.1, 0.15) is 16.7 Å². The van der Waals surface area contributed by atoms with Gasteiger partial charge < -0.3 is 0 Å². The van der Waals surface area contributed by atoms with E-state index in [0.29, 0.717) is 15.3 Å². The normalized spacial score (nSPS) is 10.5. The van der Waals surface area contributed by atoms with Gasteiger partial charge >= 0.3 is 0 Å². The van der Waals surface area contributed by atoms with Crippen LogP contribution in [0.25, 0.3) is 5.69 Å². The van der Waals surface area contributed by atoms with Crippen LogP contribution in [-0.2, 0) is 0 Å². The lowest BCUT2D eigenvalue weighted by Crippen LogP contribution is -1.98. The SMILES string of the molecule is Fc1ccccc1-n1ncc(Br)c1Cl. The summed E-state index contributed by atoms with van der Waals surface area (Å²) >= 11 is 9.10. The Balaban J connectivity index is 2.60. The molecule has 14 heavy (non-hydrogen) atoms. The van der Waals surface area contributed by atoms with E-state index in [1.165, 1.54) is 16.9 Å². The second-order valence-electron chi connectivity index (χ2n) is 2.65. The van der Waals surface area contributed by atoms with Gasteiger partial charge in [0.05, 0.1) is 10.7 Å². The zero-order valence-corrected chi connectivity index (χ0v) is 9.26. The monoisotopic (exact) mass is 274 g/mol.